The van der Waals surface area contributed by atoms with E-state index >= 15 is 0 Å². The van der Waals surface area contributed by atoms with Crippen LogP contribution in [0.3, 0.4) is 0 Å². The predicted octanol–water partition coefficient (Wildman–Crippen LogP) is 1.80. The third kappa shape index (κ3) is 2.50. The van der Waals surface area contributed by atoms with Gasteiger partial charge in [0.05, 0.1) is 18.0 Å². The molecule has 5 heteroatoms. The quantitative estimate of drug-likeness (QED) is 0.897. The Labute approximate surface area is 116 Å². The Morgan fingerprint density at radius 2 is 2.16 bits per heavy atom. The summed E-state index contributed by atoms with van der Waals surface area (Å²) in [5.41, 5.74) is 1.81. The van der Waals surface area contributed by atoms with Crippen LogP contribution in [-0.2, 0) is 16.1 Å². The Morgan fingerprint density at radius 3 is 2.89 bits per heavy atom. The van der Waals surface area contributed by atoms with Gasteiger partial charge in [-0.2, -0.15) is 0 Å². The molecule has 4 nitrogen and oxygen atoms in total. The second-order valence-electron chi connectivity index (χ2n) is 4.86. The van der Waals surface area contributed by atoms with Crippen LogP contribution in [-0.4, -0.2) is 36.0 Å². The zero-order chi connectivity index (χ0) is 13.2. The van der Waals surface area contributed by atoms with Crippen molar-refractivity contribution < 1.29 is 14.6 Å². The number of benzene rings is 1. The van der Waals surface area contributed by atoms with Gasteiger partial charge in [0.15, 0.2) is 0 Å². The van der Waals surface area contributed by atoms with Crippen LogP contribution in [0.4, 0.5) is 5.69 Å². The van der Waals surface area contributed by atoms with E-state index in [0.717, 1.165) is 42.2 Å². The Balaban J connectivity index is 1.97. The normalized spacial score (nSPS) is 20.5. The molecule has 0 unspecified atom stereocenters. The molecule has 19 heavy (non-hydrogen) atoms. The average molecular weight is 279 g/mol. The lowest BCUT2D eigenvalue weighted by Crippen LogP contribution is -2.46. The molecule has 1 amide bonds. The molecule has 0 bridgehead atoms. The van der Waals surface area contributed by atoms with Gasteiger partial charge in [-0.3, -0.25) is 4.79 Å². The third-order valence-electron chi connectivity index (χ3n) is 3.64. The second-order valence-corrected chi connectivity index (χ2v) is 5.87. The molecule has 1 N–H and O–H groups in total. The van der Waals surface area contributed by atoms with E-state index < -0.39 is 0 Å². The van der Waals surface area contributed by atoms with E-state index in [4.69, 9.17) is 4.74 Å². The first-order chi connectivity index (χ1) is 9.29. The summed E-state index contributed by atoms with van der Waals surface area (Å²) < 4.78 is 5.38. The van der Waals surface area contributed by atoms with Crippen LogP contribution in [0, 0.1) is 0 Å². The first-order valence-corrected chi connectivity index (χ1v) is 7.54. The highest BCUT2D eigenvalue weighted by atomic mass is 32.2. The maximum absolute atomic E-state index is 12.3. The van der Waals surface area contributed by atoms with E-state index in [0.29, 0.717) is 5.75 Å². The number of anilines is 1. The highest BCUT2D eigenvalue weighted by Gasteiger charge is 2.32. The van der Waals surface area contributed by atoms with E-state index in [1.165, 1.54) is 0 Å². The molecule has 0 saturated carbocycles. The number of ether oxygens (including phenoxy) is 1. The zero-order valence-corrected chi connectivity index (χ0v) is 11.5. The largest absolute Gasteiger partial charge is 0.392 e. The smallest absolute Gasteiger partial charge is 0.237 e. The maximum Gasteiger partial charge on any atom is 0.237 e. The minimum absolute atomic E-state index is 0.00769. The molecule has 0 spiro atoms. The van der Waals surface area contributed by atoms with Crippen molar-refractivity contribution in [3.63, 3.8) is 0 Å². The number of thioether (sulfide) groups is 1. The standard InChI is InChI=1S/C14H17NO3S/c16-8-10-1-2-13-12(7-10)15(14(17)9-19-13)11-3-5-18-6-4-11/h1-2,7,11,16H,3-6,8-9H2. The first-order valence-electron chi connectivity index (χ1n) is 6.56. The third-order valence-corrected chi connectivity index (χ3v) is 4.69. The number of aliphatic hydroxyl groups is 1. The number of aliphatic hydroxyl groups excluding tert-OH is 1. The van der Waals surface area contributed by atoms with Crippen LogP contribution in [0.15, 0.2) is 23.1 Å². The summed E-state index contributed by atoms with van der Waals surface area (Å²) in [5.74, 6) is 0.669. The van der Waals surface area contributed by atoms with Crippen molar-refractivity contribution in [2.45, 2.75) is 30.4 Å². The van der Waals surface area contributed by atoms with Crippen LogP contribution in [0.5, 0.6) is 0 Å². The molecule has 2 aliphatic rings. The molecule has 0 radical (unpaired) electrons. The molecule has 1 aromatic rings. The van der Waals surface area contributed by atoms with Crippen molar-refractivity contribution in [3.8, 4) is 0 Å². The van der Waals surface area contributed by atoms with E-state index in [-0.39, 0.29) is 18.6 Å². The molecule has 2 heterocycles. The summed E-state index contributed by atoms with van der Waals surface area (Å²) in [5, 5.41) is 9.27. The van der Waals surface area contributed by atoms with E-state index in [9.17, 15) is 9.90 Å². The van der Waals surface area contributed by atoms with Crippen molar-refractivity contribution in [2.75, 3.05) is 23.9 Å². The van der Waals surface area contributed by atoms with Crippen LogP contribution in [0.1, 0.15) is 18.4 Å². The molecule has 0 atom stereocenters. The number of hydrogen-bond donors (Lipinski definition) is 1. The van der Waals surface area contributed by atoms with Crippen LogP contribution < -0.4 is 4.90 Å². The highest BCUT2D eigenvalue weighted by Crippen LogP contribution is 2.38. The lowest BCUT2D eigenvalue weighted by atomic mass is 10.0. The zero-order valence-electron chi connectivity index (χ0n) is 10.7. The average Bonchev–Trinajstić information content (AvgIpc) is 2.47. The minimum Gasteiger partial charge on any atom is -0.392 e. The van der Waals surface area contributed by atoms with Gasteiger partial charge < -0.3 is 14.7 Å². The van der Waals surface area contributed by atoms with Crippen LogP contribution in [0.25, 0.3) is 0 Å². The summed E-state index contributed by atoms with van der Waals surface area (Å²) in [6.07, 6.45) is 1.78. The molecular weight excluding hydrogens is 262 g/mol. The summed E-state index contributed by atoms with van der Waals surface area (Å²) in [6, 6.07) is 6.10. The first kappa shape index (κ1) is 13.0. The van der Waals surface area contributed by atoms with Crippen LogP contribution in [0.2, 0.25) is 0 Å². The number of carbonyl (C=O) groups is 1. The van der Waals surface area contributed by atoms with Crippen LogP contribution >= 0.6 is 11.8 Å². The topological polar surface area (TPSA) is 49.8 Å². The fourth-order valence-corrected chi connectivity index (χ4v) is 3.55. The van der Waals surface area contributed by atoms with Gasteiger partial charge in [0, 0.05) is 24.2 Å². The predicted molar refractivity (Wildman–Crippen MR) is 74.4 cm³/mol. The molecule has 0 aromatic heterocycles. The molecule has 2 aliphatic heterocycles. The van der Waals surface area contributed by atoms with E-state index in [1.54, 1.807) is 11.8 Å². The Hall–Kier alpha value is -1.04. The van der Waals surface area contributed by atoms with Crippen molar-refractivity contribution >= 4 is 23.4 Å². The number of rotatable bonds is 2. The monoisotopic (exact) mass is 279 g/mol. The molecule has 1 aromatic carbocycles. The van der Waals surface area contributed by atoms with E-state index in [2.05, 4.69) is 0 Å². The summed E-state index contributed by atoms with van der Waals surface area (Å²) >= 11 is 1.58. The highest BCUT2D eigenvalue weighted by molar-refractivity contribution is 8.00. The lowest BCUT2D eigenvalue weighted by molar-refractivity contribution is -0.117. The number of fused-ring (bicyclic) bond motifs is 1. The van der Waals surface area contributed by atoms with Gasteiger partial charge in [-0.05, 0) is 30.5 Å². The SMILES string of the molecule is O=C1CSc2ccc(CO)cc2N1C1CCOCC1. The van der Waals surface area contributed by atoms with Crippen molar-refractivity contribution in [1.29, 1.82) is 0 Å². The van der Waals surface area contributed by atoms with Gasteiger partial charge in [-0.1, -0.05) is 6.07 Å². The molecule has 102 valence electrons. The van der Waals surface area contributed by atoms with Gasteiger partial charge in [0.25, 0.3) is 0 Å². The van der Waals surface area contributed by atoms with Gasteiger partial charge in [0.2, 0.25) is 5.91 Å². The molecule has 0 aliphatic carbocycles. The summed E-state index contributed by atoms with van der Waals surface area (Å²) in [4.78, 5) is 15.3. The Morgan fingerprint density at radius 1 is 1.37 bits per heavy atom. The van der Waals surface area contributed by atoms with E-state index in [1.807, 2.05) is 23.1 Å². The van der Waals surface area contributed by atoms with Gasteiger partial charge in [-0.25, -0.2) is 0 Å². The summed E-state index contributed by atoms with van der Waals surface area (Å²) in [6.45, 7) is 1.45. The fourth-order valence-electron chi connectivity index (χ4n) is 2.66. The van der Waals surface area contributed by atoms with Gasteiger partial charge >= 0.3 is 0 Å². The minimum atomic E-state index is 0.00769. The fraction of sp³-hybridized carbons (Fsp3) is 0.500. The molecule has 1 saturated heterocycles. The number of carbonyl (C=O) groups excluding carboxylic acids is 1. The number of nitrogens with zero attached hydrogens (tertiary/aromatic N) is 1. The van der Waals surface area contributed by atoms with Gasteiger partial charge in [-0.15, -0.1) is 11.8 Å². The number of amides is 1. The number of hydrogen-bond acceptors (Lipinski definition) is 4. The van der Waals surface area contributed by atoms with Crippen molar-refractivity contribution in [3.05, 3.63) is 23.8 Å². The second kappa shape index (κ2) is 5.53. The van der Waals surface area contributed by atoms with Gasteiger partial charge in [0.1, 0.15) is 0 Å². The Kier molecular flexibility index (Phi) is 3.77. The maximum atomic E-state index is 12.3. The lowest BCUT2D eigenvalue weighted by Gasteiger charge is -2.37. The summed E-state index contributed by atoms with van der Waals surface area (Å²) in [7, 11) is 0. The van der Waals surface area contributed by atoms with Crippen molar-refractivity contribution in [2.24, 2.45) is 0 Å². The molecule has 3 rings (SSSR count). The van der Waals surface area contributed by atoms with Crippen molar-refractivity contribution in [1.82, 2.24) is 0 Å². The molecule has 1 fully saturated rings. The molecular formula is C14H17NO3S. The Bertz CT molecular complexity index is 486.